The number of rotatable bonds is 3. The van der Waals surface area contributed by atoms with Crippen molar-refractivity contribution in [1.82, 2.24) is 14.8 Å². The summed E-state index contributed by atoms with van der Waals surface area (Å²) in [5, 5.41) is 15.1. The van der Waals surface area contributed by atoms with Crippen molar-refractivity contribution in [3.05, 3.63) is 47.5 Å². The van der Waals surface area contributed by atoms with Gasteiger partial charge in [-0.25, -0.2) is 18.4 Å². The average molecular weight is 253 g/mol. The third-order valence-electron chi connectivity index (χ3n) is 2.14. The van der Waals surface area contributed by atoms with E-state index in [1.807, 2.05) is 0 Å². The Morgan fingerprint density at radius 1 is 1.33 bits per heavy atom. The maximum atomic E-state index is 13.0. The Labute approximate surface area is 100 Å². The van der Waals surface area contributed by atoms with Crippen LogP contribution in [0.4, 0.5) is 8.78 Å². The second-order valence-corrected chi connectivity index (χ2v) is 3.53. The number of halogens is 2. The molecule has 0 saturated carbocycles. The SMILES string of the molecule is N/C(=N/O)c1ncn(Cc2cc(F)cc(F)c2)n1. The van der Waals surface area contributed by atoms with Crippen LogP contribution >= 0.6 is 0 Å². The molecule has 2 aromatic rings. The van der Waals surface area contributed by atoms with Crippen molar-refractivity contribution in [3.63, 3.8) is 0 Å². The molecule has 0 spiro atoms. The molecule has 0 fully saturated rings. The minimum atomic E-state index is -0.665. The standard InChI is InChI=1S/C10H9F2N5O/c11-7-1-6(2-8(12)3-7)4-17-5-14-10(15-17)9(13)16-18/h1-3,5,18H,4H2,(H2,13,16). The third kappa shape index (κ3) is 2.59. The quantitative estimate of drug-likeness (QED) is 0.364. The number of nitrogens with two attached hydrogens (primary N) is 1. The van der Waals surface area contributed by atoms with Gasteiger partial charge in [0.15, 0.2) is 0 Å². The minimum absolute atomic E-state index is 0.0365. The van der Waals surface area contributed by atoms with Crippen LogP contribution in [0.25, 0.3) is 0 Å². The fraction of sp³-hybridized carbons (Fsp3) is 0.100. The summed E-state index contributed by atoms with van der Waals surface area (Å²) in [5.74, 6) is -1.53. The highest BCUT2D eigenvalue weighted by atomic mass is 19.1. The topological polar surface area (TPSA) is 89.3 Å². The number of amidine groups is 1. The lowest BCUT2D eigenvalue weighted by Gasteiger charge is -2.01. The highest BCUT2D eigenvalue weighted by Gasteiger charge is 2.07. The van der Waals surface area contributed by atoms with E-state index in [0.29, 0.717) is 5.56 Å². The molecule has 2 rings (SSSR count). The minimum Gasteiger partial charge on any atom is -0.409 e. The number of nitrogens with zero attached hydrogens (tertiary/aromatic N) is 4. The molecule has 0 atom stereocenters. The Kier molecular flexibility index (Phi) is 3.18. The molecule has 1 aromatic heterocycles. The van der Waals surface area contributed by atoms with Gasteiger partial charge in [-0.2, -0.15) is 0 Å². The maximum absolute atomic E-state index is 13.0. The van der Waals surface area contributed by atoms with Crippen LogP contribution in [0.15, 0.2) is 29.7 Å². The molecule has 94 valence electrons. The van der Waals surface area contributed by atoms with Crippen molar-refractivity contribution in [2.24, 2.45) is 10.9 Å². The Hall–Kier alpha value is -2.51. The lowest BCUT2D eigenvalue weighted by atomic mass is 10.2. The first-order chi connectivity index (χ1) is 8.58. The summed E-state index contributed by atoms with van der Waals surface area (Å²) in [6.45, 7) is 0.125. The Balaban J connectivity index is 2.21. The van der Waals surface area contributed by atoms with Crippen LogP contribution < -0.4 is 5.73 Å². The molecule has 8 heteroatoms. The lowest BCUT2D eigenvalue weighted by Crippen LogP contribution is -2.15. The number of aromatic nitrogens is 3. The van der Waals surface area contributed by atoms with Gasteiger partial charge in [0.1, 0.15) is 18.0 Å². The molecule has 1 heterocycles. The first-order valence-corrected chi connectivity index (χ1v) is 4.91. The molecule has 0 unspecified atom stereocenters. The molecule has 6 nitrogen and oxygen atoms in total. The van der Waals surface area contributed by atoms with E-state index in [-0.39, 0.29) is 18.2 Å². The Bertz CT molecular complexity index is 575. The second kappa shape index (κ2) is 4.78. The highest BCUT2D eigenvalue weighted by Crippen LogP contribution is 2.09. The van der Waals surface area contributed by atoms with Gasteiger partial charge in [0.2, 0.25) is 11.7 Å². The molecule has 0 saturated heterocycles. The maximum Gasteiger partial charge on any atom is 0.219 e. The zero-order chi connectivity index (χ0) is 13.1. The van der Waals surface area contributed by atoms with Gasteiger partial charge in [-0.05, 0) is 17.7 Å². The van der Waals surface area contributed by atoms with Gasteiger partial charge in [0.25, 0.3) is 0 Å². The van der Waals surface area contributed by atoms with E-state index in [9.17, 15) is 8.78 Å². The van der Waals surface area contributed by atoms with Gasteiger partial charge in [0.05, 0.1) is 6.54 Å². The molecular formula is C10H9F2N5O. The van der Waals surface area contributed by atoms with E-state index < -0.39 is 11.6 Å². The van der Waals surface area contributed by atoms with Gasteiger partial charge in [-0.3, -0.25) is 0 Å². The largest absolute Gasteiger partial charge is 0.409 e. The zero-order valence-corrected chi connectivity index (χ0v) is 9.09. The molecule has 0 bridgehead atoms. The summed E-state index contributed by atoms with van der Waals surface area (Å²) in [7, 11) is 0. The number of hydrogen-bond acceptors (Lipinski definition) is 4. The van der Waals surface area contributed by atoms with Crippen molar-refractivity contribution >= 4 is 5.84 Å². The van der Waals surface area contributed by atoms with E-state index in [2.05, 4.69) is 15.2 Å². The fourth-order valence-corrected chi connectivity index (χ4v) is 1.42. The van der Waals surface area contributed by atoms with Crippen LogP contribution in [0.3, 0.4) is 0 Å². The van der Waals surface area contributed by atoms with Crippen LogP contribution in [0.5, 0.6) is 0 Å². The van der Waals surface area contributed by atoms with Crippen LogP contribution in [-0.4, -0.2) is 25.8 Å². The lowest BCUT2D eigenvalue weighted by molar-refractivity contribution is 0.318. The van der Waals surface area contributed by atoms with Crippen molar-refractivity contribution in [1.29, 1.82) is 0 Å². The predicted molar refractivity (Wildman–Crippen MR) is 58.0 cm³/mol. The zero-order valence-electron chi connectivity index (χ0n) is 9.09. The van der Waals surface area contributed by atoms with Crippen LogP contribution in [0.2, 0.25) is 0 Å². The number of oxime groups is 1. The van der Waals surface area contributed by atoms with Crippen molar-refractivity contribution in [2.75, 3.05) is 0 Å². The molecule has 18 heavy (non-hydrogen) atoms. The predicted octanol–water partition coefficient (Wildman–Crippen LogP) is 0.699. The van der Waals surface area contributed by atoms with Crippen LogP contribution in [0, 0.1) is 11.6 Å². The summed E-state index contributed by atoms with van der Waals surface area (Å²) >= 11 is 0. The average Bonchev–Trinajstić information content (AvgIpc) is 2.75. The summed E-state index contributed by atoms with van der Waals surface area (Å²) < 4.78 is 27.2. The van der Waals surface area contributed by atoms with Crippen molar-refractivity contribution in [3.8, 4) is 0 Å². The van der Waals surface area contributed by atoms with Crippen molar-refractivity contribution in [2.45, 2.75) is 6.54 Å². The Morgan fingerprint density at radius 3 is 2.61 bits per heavy atom. The molecule has 0 aliphatic heterocycles. The molecule has 0 amide bonds. The summed E-state index contributed by atoms with van der Waals surface area (Å²) in [5.41, 5.74) is 5.68. The first-order valence-electron chi connectivity index (χ1n) is 4.91. The third-order valence-corrected chi connectivity index (χ3v) is 2.14. The summed E-state index contributed by atoms with van der Waals surface area (Å²) in [6, 6.07) is 3.16. The molecule has 1 aromatic carbocycles. The van der Waals surface area contributed by atoms with E-state index in [4.69, 9.17) is 10.9 Å². The van der Waals surface area contributed by atoms with E-state index >= 15 is 0 Å². The Morgan fingerprint density at radius 2 is 2.00 bits per heavy atom. The van der Waals surface area contributed by atoms with Gasteiger partial charge < -0.3 is 10.9 Å². The monoisotopic (exact) mass is 253 g/mol. The molecular weight excluding hydrogens is 244 g/mol. The second-order valence-electron chi connectivity index (χ2n) is 3.53. The van der Waals surface area contributed by atoms with Gasteiger partial charge in [-0.1, -0.05) is 5.16 Å². The first kappa shape index (κ1) is 12.0. The van der Waals surface area contributed by atoms with Crippen molar-refractivity contribution < 1.29 is 14.0 Å². The van der Waals surface area contributed by atoms with E-state index in [1.54, 1.807) is 0 Å². The molecule has 0 radical (unpaired) electrons. The molecule has 0 aliphatic rings. The normalized spacial score (nSPS) is 11.8. The van der Waals surface area contributed by atoms with Crippen LogP contribution in [0.1, 0.15) is 11.4 Å². The van der Waals surface area contributed by atoms with Gasteiger partial charge in [0, 0.05) is 6.07 Å². The van der Waals surface area contributed by atoms with Gasteiger partial charge >= 0.3 is 0 Å². The van der Waals surface area contributed by atoms with Gasteiger partial charge in [-0.15, -0.1) is 5.10 Å². The summed E-state index contributed by atoms with van der Waals surface area (Å²) in [6.07, 6.45) is 1.32. The summed E-state index contributed by atoms with van der Waals surface area (Å²) in [4.78, 5) is 3.78. The highest BCUT2D eigenvalue weighted by molar-refractivity contribution is 5.93. The molecule has 0 aliphatic carbocycles. The smallest absolute Gasteiger partial charge is 0.219 e. The number of hydrogen-bond donors (Lipinski definition) is 2. The van der Waals surface area contributed by atoms with Crippen LogP contribution in [-0.2, 0) is 6.54 Å². The molecule has 3 N–H and O–H groups in total. The fourth-order valence-electron chi connectivity index (χ4n) is 1.42. The van der Waals surface area contributed by atoms with E-state index in [1.165, 1.54) is 23.1 Å². The number of benzene rings is 1. The van der Waals surface area contributed by atoms with E-state index in [0.717, 1.165) is 6.07 Å².